The number of carbonyl (C=O) groups excluding carboxylic acids is 1. The molecular weight excluding hydrogens is 264 g/mol. The summed E-state index contributed by atoms with van der Waals surface area (Å²) in [5, 5.41) is 9.14. The van der Waals surface area contributed by atoms with Gasteiger partial charge in [0.25, 0.3) is 0 Å². The number of ether oxygens (including phenoxy) is 3. The van der Waals surface area contributed by atoms with Gasteiger partial charge in [-0.05, 0) is 24.6 Å². The van der Waals surface area contributed by atoms with E-state index in [-0.39, 0.29) is 6.42 Å². The molecule has 1 fully saturated rings. The van der Waals surface area contributed by atoms with Crippen molar-refractivity contribution in [2.75, 3.05) is 13.7 Å². The van der Waals surface area contributed by atoms with Gasteiger partial charge in [0.2, 0.25) is 0 Å². The average molecular weight is 280 g/mol. The number of aliphatic carboxylic acids is 1. The highest BCUT2D eigenvalue weighted by atomic mass is 16.6. The minimum absolute atomic E-state index is 0.116. The Balaban J connectivity index is 2.32. The van der Waals surface area contributed by atoms with E-state index in [1.165, 1.54) is 7.11 Å². The van der Waals surface area contributed by atoms with Gasteiger partial charge in [-0.2, -0.15) is 0 Å². The number of methoxy groups -OCH3 is 1. The van der Waals surface area contributed by atoms with Crippen LogP contribution in [0.2, 0.25) is 0 Å². The molecule has 1 saturated heterocycles. The van der Waals surface area contributed by atoms with Crippen LogP contribution >= 0.6 is 0 Å². The summed E-state index contributed by atoms with van der Waals surface area (Å²) in [6.45, 7) is 2.35. The Morgan fingerprint density at radius 3 is 2.80 bits per heavy atom. The molecule has 2 atom stereocenters. The van der Waals surface area contributed by atoms with Gasteiger partial charge in [-0.3, -0.25) is 9.59 Å². The van der Waals surface area contributed by atoms with Gasteiger partial charge in [-0.25, -0.2) is 0 Å². The number of hydrogen-bond donors (Lipinski definition) is 1. The fourth-order valence-electron chi connectivity index (χ4n) is 2.21. The molecule has 0 aliphatic carbocycles. The Morgan fingerprint density at radius 2 is 2.20 bits per heavy atom. The molecule has 0 radical (unpaired) electrons. The fraction of sp³-hybridized carbons (Fsp3) is 0.429. The Labute approximate surface area is 116 Å². The number of benzene rings is 1. The molecule has 6 nitrogen and oxygen atoms in total. The second-order valence-electron chi connectivity index (χ2n) is 4.40. The van der Waals surface area contributed by atoms with Crippen LogP contribution in [-0.2, 0) is 14.3 Å². The largest absolute Gasteiger partial charge is 0.493 e. The predicted molar refractivity (Wildman–Crippen MR) is 68.7 cm³/mol. The maximum Gasteiger partial charge on any atom is 0.311 e. The molecule has 2 unspecified atom stereocenters. The van der Waals surface area contributed by atoms with Crippen LogP contribution in [0.4, 0.5) is 0 Å². The first kappa shape index (κ1) is 14.2. The fourth-order valence-corrected chi connectivity index (χ4v) is 2.21. The second kappa shape index (κ2) is 5.81. The summed E-state index contributed by atoms with van der Waals surface area (Å²) in [6, 6.07) is 5.01. The first-order valence-corrected chi connectivity index (χ1v) is 6.29. The van der Waals surface area contributed by atoms with E-state index in [1.807, 2.05) is 6.92 Å². The van der Waals surface area contributed by atoms with Crippen molar-refractivity contribution in [3.8, 4) is 11.5 Å². The molecule has 0 amide bonds. The SMILES string of the molecule is CCOc1ccc(C2OC(=O)CC2C(=O)O)cc1OC. The zero-order valence-corrected chi connectivity index (χ0v) is 11.3. The van der Waals surface area contributed by atoms with Crippen LogP contribution in [0.5, 0.6) is 11.5 Å². The predicted octanol–water partition coefficient (Wildman–Crippen LogP) is 1.78. The summed E-state index contributed by atoms with van der Waals surface area (Å²) < 4.78 is 15.7. The molecule has 6 heteroatoms. The van der Waals surface area contributed by atoms with Crippen molar-refractivity contribution in [3.05, 3.63) is 23.8 Å². The van der Waals surface area contributed by atoms with Gasteiger partial charge in [0.1, 0.15) is 12.0 Å². The topological polar surface area (TPSA) is 82.1 Å². The van der Waals surface area contributed by atoms with Gasteiger partial charge < -0.3 is 19.3 Å². The summed E-state index contributed by atoms with van der Waals surface area (Å²) in [7, 11) is 1.50. The molecule has 0 aromatic heterocycles. The third-order valence-corrected chi connectivity index (χ3v) is 3.14. The monoisotopic (exact) mass is 280 g/mol. The Kier molecular flexibility index (Phi) is 4.12. The number of hydrogen-bond acceptors (Lipinski definition) is 5. The molecule has 0 bridgehead atoms. The van der Waals surface area contributed by atoms with E-state index in [1.54, 1.807) is 18.2 Å². The van der Waals surface area contributed by atoms with Gasteiger partial charge in [0.15, 0.2) is 11.5 Å². The maximum absolute atomic E-state index is 11.3. The molecule has 1 aromatic carbocycles. The highest BCUT2D eigenvalue weighted by molar-refractivity contribution is 5.82. The number of carboxylic acids is 1. The quantitative estimate of drug-likeness (QED) is 0.828. The van der Waals surface area contributed by atoms with Gasteiger partial charge in [-0.1, -0.05) is 6.07 Å². The lowest BCUT2D eigenvalue weighted by molar-refractivity contribution is -0.144. The molecule has 2 rings (SSSR count). The van der Waals surface area contributed by atoms with Crippen molar-refractivity contribution in [1.29, 1.82) is 0 Å². The van der Waals surface area contributed by atoms with E-state index in [9.17, 15) is 9.59 Å². The number of rotatable bonds is 5. The van der Waals surface area contributed by atoms with Crippen LogP contribution in [-0.4, -0.2) is 30.8 Å². The van der Waals surface area contributed by atoms with Gasteiger partial charge >= 0.3 is 11.9 Å². The maximum atomic E-state index is 11.3. The van der Waals surface area contributed by atoms with Crippen LogP contribution in [0.15, 0.2) is 18.2 Å². The van der Waals surface area contributed by atoms with Crippen molar-refractivity contribution < 1.29 is 28.9 Å². The van der Waals surface area contributed by atoms with Crippen molar-refractivity contribution in [2.45, 2.75) is 19.4 Å². The summed E-state index contributed by atoms with van der Waals surface area (Å²) in [5.41, 5.74) is 0.587. The van der Waals surface area contributed by atoms with Crippen molar-refractivity contribution in [3.63, 3.8) is 0 Å². The van der Waals surface area contributed by atoms with E-state index in [4.69, 9.17) is 19.3 Å². The Bertz CT molecular complexity index is 524. The normalized spacial score (nSPS) is 21.4. The molecule has 1 aliphatic rings. The highest BCUT2D eigenvalue weighted by Gasteiger charge is 2.41. The van der Waals surface area contributed by atoms with Gasteiger partial charge in [0.05, 0.1) is 20.1 Å². The molecule has 1 heterocycles. The summed E-state index contributed by atoms with van der Waals surface area (Å²) in [5.74, 6) is -1.37. The lowest BCUT2D eigenvalue weighted by Gasteiger charge is -2.17. The standard InChI is InChI=1S/C14H16O6/c1-3-19-10-5-4-8(6-11(10)18-2)13-9(14(16)17)7-12(15)20-13/h4-6,9,13H,3,7H2,1-2H3,(H,16,17). The van der Waals surface area contributed by atoms with E-state index in [0.717, 1.165) is 0 Å². The van der Waals surface area contributed by atoms with E-state index in [2.05, 4.69) is 0 Å². The van der Waals surface area contributed by atoms with E-state index in [0.29, 0.717) is 23.7 Å². The average Bonchev–Trinajstić information content (AvgIpc) is 2.82. The third kappa shape index (κ3) is 2.68. The van der Waals surface area contributed by atoms with E-state index < -0.39 is 24.0 Å². The van der Waals surface area contributed by atoms with Crippen molar-refractivity contribution in [1.82, 2.24) is 0 Å². The van der Waals surface area contributed by atoms with Crippen LogP contribution in [0.3, 0.4) is 0 Å². The number of esters is 1. The van der Waals surface area contributed by atoms with Crippen molar-refractivity contribution in [2.24, 2.45) is 5.92 Å². The van der Waals surface area contributed by atoms with Crippen LogP contribution in [0, 0.1) is 5.92 Å². The molecular formula is C14H16O6. The first-order valence-electron chi connectivity index (χ1n) is 6.29. The van der Waals surface area contributed by atoms with Gasteiger partial charge in [0, 0.05) is 0 Å². The second-order valence-corrected chi connectivity index (χ2v) is 4.40. The highest BCUT2D eigenvalue weighted by Crippen LogP contribution is 2.39. The van der Waals surface area contributed by atoms with Crippen LogP contribution in [0.25, 0.3) is 0 Å². The Hall–Kier alpha value is -2.24. The zero-order chi connectivity index (χ0) is 14.7. The summed E-state index contributed by atoms with van der Waals surface area (Å²) in [4.78, 5) is 22.5. The van der Waals surface area contributed by atoms with Crippen LogP contribution < -0.4 is 9.47 Å². The van der Waals surface area contributed by atoms with Gasteiger partial charge in [-0.15, -0.1) is 0 Å². The van der Waals surface area contributed by atoms with Crippen molar-refractivity contribution >= 4 is 11.9 Å². The lowest BCUT2D eigenvalue weighted by atomic mass is 9.95. The van der Waals surface area contributed by atoms with E-state index >= 15 is 0 Å². The van der Waals surface area contributed by atoms with Crippen LogP contribution in [0.1, 0.15) is 25.0 Å². The minimum atomic E-state index is -1.05. The number of cyclic esters (lactones) is 1. The molecule has 0 saturated carbocycles. The molecule has 1 N–H and O–H groups in total. The lowest BCUT2D eigenvalue weighted by Crippen LogP contribution is -2.17. The Morgan fingerprint density at radius 1 is 1.45 bits per heavy atom. The third-order valence-electron chi connectivity index (χ3n) is 3.14. The molecule has 1 aromatic rings. The molecule has 0 spiro atoms. The molecule has 108 valence electrons. The smallest absolute Gasteiger partial charge is 0.311 e. The minimum Gasteiger partial charge on any atom is -0.493 e. The zero-order valence-electron chi connectivity index (χ0n) is 11.3. The number of carbonyl (C=O) groups is 2. The number of carboxylic acid groups (broad SMARTS) is 1. The summed E-state index contributed by atoms with van der Waals surface area (Å²) in [6.07, 6.45) is -0.903. The molecule has 20 heavy (non-hydrogen) atoms. The summed E-state index contributed by atoms with van der Waals surface area (Å²) >= 11 is 0. The molecule has 1 aliphatic heterocycles. The first-order chi connectivity index (χ1) is 9.56.